The Morgan fingerprint density at radius 1 is 1.38 bits per heavy atom. The normalized spacial score (nSPS) is 12.2. The SMILES string of the molecule is C=Cc1ccc(OC(C)CC)cc1. The van der Waals surface area contributed by atoms with E-state index in [-0.39, 0.29) is 6.10 Å². The summed E-state index contributed by atoms with van der Waals surface area (Å²) in [6.07, 6.45) is 3.14. The minimum Gasteiger partial charge on any atom is -0.491 e. The Morgan fingerprint density at radius 2 is 2.00 bits per heavy atom. The second-order valence-corrected chi connectivity index (χ2v) is 3.11. The molecule has 0 bridgehead atoms. The molecule has 1 aromatic rings. The highest BCUT2D eigenvalue weighted by Crippen LogP contribution is 2.15. The second-order valence-electron chi connectivity index (χ2n) is 3.11. The first-order valence-electron chi connectivity index (χ1n) is 4.65. The number of rotatable bonds is 4. The Labute approximate surface area is 80.0 Å². The summed E-state index contributed by atoms with van der Waals surface area (Å²) in [5, 5.41) is 0. The van der Waals surface area contributed by atoms with Crippen LogP contribution in [0.25, 0.3) is 6.08 Å². The number of ether oxygens (including phenoxy) is 1. The van der Waals surface area contributed by atoms with Crippen molar-refractivity contribution in [3.05, 3.63) is 36.4 Å². The summed E-state index contributed by atoms with van der Waals surface area (Å²) in [6.45, 7) is 7.88. The van der Waals surface area contributed by atoms with Gasteiger partial charge in [0.2, 0.25) is 0 Å². The van der Waals surface area contributed by atoms with Gasteiger partial charge in [-0.3, -0.25) is 0 Å². The zero-order valence-electron chi connectivity index (χ0n) is 8.29. The highest BCUT2D eigenvalue weighted by molar-refractivity contribution is 5.48. The summed E-state index contributed by atoms with van der Waals surface area (Å²) in [4.78, 5) is 0. The Morgan fingerprint density at radius 3 is 2.46 bits per heavy atom. The molecule has 1 aromatic carbocycles. The van der Waals surface area contributed by atoms with Gasteiger partial charge in [-0.15, -0.1) is 0 Å². The lowest BCUT2D eigenvalue weighted by molar-refractivity contribution is 0.217. The Bertz CT molecular complexity index is 261. The predicted octanol–water partition coefficient (Wildman–Crippen LogP) is 3.51. The maximum absolute atomic E-state index is 5.63. The highest BCUT2D eigenvalue weighted by Gasteiger charge is 1.99. The second kappa shape index (κ2) is 4.70. The molecule has 1 rings (SSSR count). The van der Waals surface area contributed by atoms with E-state index in [1.54, 1.807) is 0 Å². The number of hydrogen-bond acceptors (Lipinski definition) is 1. The van der Waals surface area contributed by atoms with Gasteiger partial charge in [-0.05, 0) is 31.0 Å². The smallest absolute Gasteiger partial charge is 0.119 e. The van der Waals surface area contributed by atoms with Crippen molar-refractivity contribution in [2.24, 2.45) is 0 Å². The fourth-order valence-corrected chi connectivity index (χ4v) is 0.998. The van der Waals surface area contributed by atoms with Crippen LogP contribution >= 0.6 is 0 Å². The Hall–Kier alpha value is -1.24. The Kier molecular flexibility index (Phi) is 3.56. The third-order valence-electron chi connectivity index (χ3n) is 2.03. The molecule has 13 heavy (non-hydrogen) atoms. The zero-order valence-corrected chi connectivity index (χ0v) is 8.29. The van der Waals surface area contributed by atoms with Gasteiger partial charge in [0.25, 0.3) is 0 Å². The molecule has 0 aliphatic heterocycles. The van der Waals surface area contributed by atoms with E-state index >= 15 is 0 Å². The zero-order chi connectivity index (χ0) is 9.68. The molecular formula is C12H16O. The first kappa shape index (κ1) is 9.85. The van der Waals surface area contributed by atoms with Crippen LogP contribution < -0.4 is 4.74 Å². The fraction of sp³-hybridized carbons (Fsp3) is 0.333. The third kappa shape index (κ3) is 2.94. The molecule has 70 valence electrons. The van der Waals surface area contributed by atoms with Crippen molar-refractivity contribution in [1.82, 2.24) is 0 Å². The van der Waals surface area contributed by atoms with Gasteiger partial charge in [-0.1, -0.05) is 31.7 Å². The van der Waals surface area contributed by atoms with E-state index in [1.807, 2.05) is 30.3 Å². The monoisotopic (exact) mass is 176 g/mol. The third-order valence-corrected chi connectivity index (χ3v) is 2.03. The van der Waals surface area contributed by atoms with E-state index in [2.05, 4.69) is 20.4 Å². The van der Waals surface area contributed by atoms with Crippen molar-refractivity contribution in [2.75, 3.05) is 0 Å². The summed E-state index contributed by atoms with van der Waals surface area (Å²) in [7, 11) is 0. The van der Waals surface area contributed by atoms with E-state index < -0.39 is 0 Å². The summed E-state index contributed by atoms with van der Waals surface area (Å²) >= 11 is 0. The molecule has 1 nitrogen and oxygen atoms in total. The average Bonchev–Trinajstić information content (AvgIpc) is 2.19. The quantitative estimate of drug-likeness (QED) is 0.682. The van der Waals surface area contributed by atoms with Gasteiger partial charge >= 0.3 is 0 Å². The van der Waals surface area contributed by atoms with Crippen molar-refractivity contribution in [3.8, 4) is 5.75 Å². The van der Waals surface area contributed by atoms with Gasteiger partial charge in [0.15, 0.2) is 0 Å². The van der Waals surface area contributed by atoms with E-state index in [1.165, 1.54) is 0 Å². The summed E-state index contributed by atoms with van der Waals surface area (Å²) < 4.78 is 5.63. The summed E-state index contributed by atoms with van der Waals surface area (Å²) in [6, 6.07) is 7.96. The van der Waals surface area contributed by atoms with Crippen LogP contribution in [0.4, 0.5) is 0 Å². The van der Waals surface area contributed by atoms with Crippen LogP contribution in [0, 0.1) is 0 Å². The summed E-state index contributed by atoms with van der Waals surface area (Å²) in [5.41, 5.74) is 1.12. The van der Waals surface area contributed by atoms with Crippen molar-refractivity contribution >= 4 is 6.08 Å². The van der Waals surface area contributed by atoms with Gasteiger partial charge in [-0.25, -0.2) is 0 Å². The van der Waals surface area contributed by atoms with Crippen molar-refractivity contribution in [3.63, 3.8) is 0 Å². The molecule has 0 saturated heterocycles. The van der Waals surface area contributed by atoms with Gasteiger partial charge in [0.1, 0.15) is 5.75 Å². The predicted molar refractivity (Wildman–Crippen MR) is 56.9 cm³/mol. The largest absolute Gasteiger partial charge is 0.491 e. The maximum atomic E-state index is 5.63. The van der Waals surface area contributed by atoms with Crippen LogP contribution in [0.3, 0.4) is 0 Å². The first-order chi connectivity index (χ1) is 6.26. The Balaban J connectivity index is 2.63. The van der Waals surface area contributed by atoms with Crippen LogP contribution in [-0.2, 0) is 0 Å². The van der Waals surface area contributed by atoms with Gasteiger partial charge in [-0.2, -0.15) is 0 Å². The first-order valence-corrected chi connectivity index (χ1v) is 4.65. The lowest BCUT2D eigenvalue weighted by Gasteiger charge is -2.12. The molecule has 0 heterocycles. The molecule has 0 aliphatic carbocycles. The average molecular weight is 176 g/mol. The molecule has 1 atom stereocenters. The van der Waals surface area contributed by atoms with Crippen LogP contribution in [-0.4, -0.2) is 6.10 Å². The number of hydrogen-bond donors (Lipinski definition) is 0. The molecular weight excluding hydrogens is 160 g/mol. The maximum Gasteiger partial charge on any atom is 0.119 e. The molecule has 1 heteroatoms. The van der Waals surface area contributed by atoms with E-state index in [4.69, 9.17) is 4.74 Å². The molecule has 0 saturated carbocycles. The minimum atomic E-state index is 0.287. The van der Waals surface area contributed by atoms with E-state index in [9.17, 15) is 0 Å². The molecule has 0 radical (unpaired) electrons. The van der Waals surface area contributed by atoms with Crippen molar-refractivity contribution in [1.29, 1.82) is 0 Å². The number of benzene rings is 1. The van der Waals surface area contributed by atoms with Crippen LogP contribution in [0.2, 0.25) is 0 Å². The van der Waals surface area contributed by atoms with Gasteiger partial charge < -0.3 is 4.74 Å². The standard InChI is InChI=1S/C12H16O/c1-4-10(3)13-12-8-6-11(5-2)7-9-12/h5-10H,2,4H2,1,3H3. The summed E-state index contributed by atoms with van der Waals surface area (Å²) in [5.74, 6) is 0.931. The molecule has 0 N–H and O–H groups in total. The fourth-order valence-electron chi connectivity index (χ4n) is 0.998. The van der Waals surface area contributed by atoms with E-state index in [0.717, 1.165) is 17.7 Å². The highest BCUT2D eigenvalue weighted by atomic mass is 16.5. The lowest BCUT2D eigenvalue weighted by Crippen LogP contribution is -2.09. The van der Waals surface area contributed by atoms with Crippen LogP contribution in [0.15, 0.2) is 30.8 Å². The molecule has 1 unspecified atom stereocenters. The lowest BCUT2D eigenvalue weighted by atomic mass is 10.2. The molecule has 0 aromatic heterocycles. The minimum absolute atomic E-state index is 0.287. The van der Waals surface area contributed by atoms with Crippen molar-refractivity contribution < 1.29 is 4.74 Å². The molecule has 0 spiro atoms. The topological polar surface area (TPSA) is 9.23 Å². The van der Waals surface area contributed by atoms with Crippen molar-refractivity contribution in [2.45, 2.75) is 26.4 Å². The van der Waals surface area contributed by atoms with Gasteiger partial charge in [0.05, 0.1) is 6.10 Å². The molecule has 0 aliphatic rings. The van der Waals surface area contributed by atoms with E-state index in [0.29, 0.717) is 0 Å². The van der Waals surface area contributed by atoms with Crippen LogP contribution in [0.1, 0.15) is 25.8 Å². The molecule has 0 amide bonds. The molecule has 0 fully saturated rings. The van der Waals surface area contributed by atoms with Crippen LogP contribution in [0.5, 0.6) is 5.75 Å². The van der Waals surface area contributed by atoms with Gasteiger partial charge in [0, 0.05) is 0 Å².